The van der Waals surface area contributed by atoms with Crippen LogP contribution in [-0.4, -0.2) is 41.2 Å². The topological polar surface area (TPSA) is 92.8 Å². The summed E-state index contributed by atoms with van der Waals surface area (Å²) in [5, 5.41) is 2.17. The number of rotatable bonds is 6. The van der Waals surface area contributed by atoms with Gasteiger partial charge in [-0.3, -0.25) is 29.4 Å². The Labute approximate surface area is 144 Å². The molecule has 7 heteroatoms. The molecule has 1 atom stereocenters. The number of hydrogen-bond acceptors (Lipinski definition) is 5. The summed E-state index contributed by atoms with van der Waals surface area (Å²) in [6, 6.07) is 3.84. The van der Waals surface area contributed by atoms with Crippen LogP contribution in [0.25, 0.3) is 0 Å². The molecule has 4 amide bonds. The van der Waals surface area contributed by atoms with Crippen molar-refractivity contribution in [2.75, 3.05) is 6.61 Å². The second-order valence-corrected chi connectivity index (χ2v) is 5.91. The first kappa shape index (κ1) is 16.9. The zero-order valence-electron chi connectivity index (χ0n) is 13.6. The molecule has 2 aliphatic heterocycles. The number of benzene rings is 1. The van der Waals surface area contributed by atoms with Gasteiger partial charge in [0.05, 0.1) is 17.7 Å². The van der Waals surface area contributed by atoms with Gasteiger partial charge >= 0.3 is 0 Å². The van der Waals surface area contributed by atoms with Crippen LogP contribution in [-0.2, 0) is 9.59 Å². The average molecular weight is 342 g/mol. The smallest absolute Gasteiger partial charge is 0.266 e. The van der Waals surface area contributed by atoms with Gasteiger partial charge in [-0.2, -0.15) is 0 Å². The van der Waals surface area contributed by atoms with E-state index in [2.05, 4.69) is 11.9 Å². The highest BCUT2D eigenvalue weighted by molar-refractivity contribution is 6.24. The van der Waals surface area contributed by atoms with E-state index in [0.717, 1.165) is 17.7 Å². The van der Waals surface area contributed by atoms with Crippen molar-refractivity contribution in [2.24, 2.45) is 0 Å². The molecule has 130 valence electrons. The molecule has 0 saturated carbocycles. The largest absolute Gasteiger partial charge is 0.493 e. The van der Waals surface area contributed by atoms with Crippen LogP contribution in [0.5, 0.6) is 5.75 Å². The van der Waals surface area contributed by atoms with Crippen molar-refractivity contribution in [1.82, 2.24) is 10.2 Å². The van der Waals surface area contributed by atoms with Crippen LogP contribution in [0.3, 0.4) is 0 Å². The minimum Gasteiger partial charge on any atom is -0.493 e. The minimum absolute atomic E-state index is 0.0920. The summed E-state index contributed by atoms with van der Waals surface area (Å²) >= 11 is 0. The Hall–Kier alpha value is -2.96. The summed E-state index contributed by atoms with van der Waals surface area (Å²) in [4.78, 5) is 49.7. The normalized spacial score (nSPS) is 19.7. The predicted octanol–water partition coefficient (Wildman–Crippen LogP) is 1.43. The van der Waals surface area contributed by atoms with Gasteiger partial charge in [0, 0.05) is 6.42 Å². The van der Waals surface area contributed by atoms with Gasteiger partial charge in [-0.05, 0) is 31.4 Å². The molecule has 0 bridgehead atoms. The third-order valence-electron chi connectivity index (χ3n) is 4.24. The molecule has 1 fully saturated rings. The number of fused-ring (bicyclic) bond motifs is 1. The Bertz CT molecular complexity index is 771. The Morgan fingerprint density at radius 2 is 2.04 bits per heavy atom. The molecule has 0 spiro atoms. The van der Waals surface area contributed by atoms with Crippen LogP contribution in [0, 0.1) is 0 Å². The van der Waals surface area contributed by atoms with Crippen molar-refractivity contribution >= 4 is 23.6 Å². The van der Waals surface area contributed by atoms with Gasteiger partial charge in [-0.1, -0.05) is 12.1 Å². The van der Waals surface area contributed by atoms with Gasteiger partial charge in [0.1, 0.15) is 11.8 Å². The van der Waals surface area contributed by atoms with Crippen LogP contribution in [0.15, 0.2) is 30.9 Å². The molecule has 1 aromatic carbocycles. The summed E-state index contributed by atoms with van der Waals surface area (Å²) in [5.74, 6) is -1.79. The molecule has 1 aromatic rings. The first-order valence-electron chi connectivity index (χ1n) is 8.13. The summed E-state index contributed by atoms with van der Waals surface area (Å²) < 4.78 is 5.65. The molecule has 1 unspecified atom stereocenters. The third-order valence-corrected chi connectivity index (χ3v) is 4.24. The molecule has 25 heavy (non-hydrogen) atoms. The van der Waals surface area contributed by atoms with E-state index in [1.807, 2.05) is 0 Å². The highest BCUT2D eigenvalue weighted by Crippen LogP contribution is 2.33. The van der Waals surface area contributed by atoms with E-state index >= 15 is 0 Å². The van der Waals surface area contributed by atoms with Gasteiger partial charge in [0.25, 0.3) is 11.8 Å². The predicted molar refractivity (Wildman–Crippen MR) is 88.0 cm³/mol. The lowest BCUT2D eigenvalue weighted by Gasteiger charge is -2.27. The number of nitrogens with zero attached hydrogens (tertiary/aromatic N) is 1. The van der Waals surface area contributed by atoms with Crippen LogP contribution < -0.4 is 10.1 Å². The molecular weight excluding hydrogens is 324 g/mol. The monoisotopic (exact) mass is 342 g/mol. The maximum absolute atomic E-state index is 12.8. The fourth-order valence-electron chi connectivity index (χ4n) is 3.01. The molecule has 1 N–H and O–H groups in total. The first-order chi connectivity index (χ1) is 12.0. The molecule has 2 heterocycles. The number of allylic oxidation sites excluding steroid dienone is 1. The van der Waals surface area contributed by atoms with Gasteiger partial charge < -0.3 is 4.74 Å². The molecule has 0 radical (unpaired) electrons. The van der Waals surface area contributed by atoms with Gasteiger partial charge in [-0.25, -0.2) is 0 Å². The van der Waals surface area contributed by atoms with Crippen LogP contribution >= 0.6 is 0 Å². The standard InChI is InChI=1S/C18H18N2O5/c1-2-3-4-10-25-13-7-5-6-11-15(13)18(24)20(17(11)23)12-8-9-14(21)19-16(12)22/h2,5-7,12H,1,3-4,8-10H2,(H,19,21,22). The number of piperidine rings is 1. The van der Waals surface area contributed by atoms with Crippen LogP contribution in [0.1, 0.15) is 46.4 Å². The third kappa shape index (κ3) is 3.05. The molecule has 0 aliphatic carbocycles. The number of unbranched alkanes of at least 4 members (excludes halogenated alkanes) is 1. The first-order valence-corrected chi connectivity index (χ1v) is 8.13. The van der Waals surface area contributed by atoms with Crippen LogP contribution in [0.4, 0.5) is 0 Å². The van der Waals surface area contributed by atoms with Crippen molar-refractivity contribution in [3.8, 4) is 5.75 Å². The van der Waals surface area contributed by atoms with Gasteiger partial charge in [0.15, 0.2) is 0 Å². The number of amides is 4. The maximum atomic E-state index is 12.8. The maximum Gasteiger partial charge on any atom is 0.266 e. The summed E-state index contributed by atoms with van der Waals surface area (Å²) in [6.45, 7) is 4.03. The molecule has 1 saturated heterocycles. The van der Waals surface area contributed by atoms with Crippen LogP contribution in [0.2, 0.25) is 0 Å². The van der Waals surface area contributed by atoms with E-state index in [9.17, 15) is 19.2 Å². The zero-order chi connectivity index (χ0) is 18.0. The van der Waals surface area contributed by atoms with Crippen molar-refractivity contribution in [3.63, 3.8) is 0 Å². The summed E-state index contributed by atoms with van der Waals surface area (Å²) in [6.07, 6.45) is 3.52. The molecule has 0 aromatic heterocycles. The summed E-state index contributed by atoms with van der Waals surface area (Å²) in [7, 11) is 0. The lowest BCUT2D eigenvalue weighted by Crippen LogP contribution is -2.54. The highest BCUT2D eigenvalue weighted by Gasteiger charge is 2.45. The minimum atomic E-state index is -0.973. The zero-order valence-corrected chi connectivity index (χ0v) is 13.6. The number of imide groups is 2. The fraction of sp³-hybridized carbons (Fsp3) is 0.333. The number of carbonyl (C=O) groups is 4. The SMILES string of the molecule is C=CCCCOc1cccc2c1C(=O)N(C1CCC(=O)NC1=O)C2=O. The van der Waals surface area contributed by atoms with Gasteiger partial charge in [0.2, 0.25) is 11.8 Å². The second-order valence-electron chi connectivity index (χ2n) is 5.91. The van der Waals surface area contributed by atoms with E-state index in [0.29, 0.717) is 12.4 Å². The highest BCUT2D eigenvalue weighted by atomic mass is 16.5. The Kier molecular flexibility index (Phi) is 4.65. The van der Waals surface area contributed by atoms with E-state index in [-0.39, 0.29) is 24.0 Å². The van der Waals surface area contributed by atoms with E-state index < -0.39 is 29.7 Å². The lowest BCUT2D eigenvalue weighted by atomic mass is 10.0. The lowest BCUT2D eigenvalue weighted by molar-refractivity contribution is -0.136. The quantitative estimate of drug-likeness (QED) is 0.480. The Morgan fingerprint density at radius 1 is 1.24 bits per heavy atom. The molecule has 3 rings (SSSR count). The van der Waals surface area contributed by atoms with Crippen molar-refractivity contribution in [1.29, 1.82) is 0 Å². The Morgan fingerprint density at radius 3 is 2.76 bits per heavy atom. The van der Waals surface area contributed by atoms with Crippen molar-refractivity contribution in [3.05, 3.63) is 42.0 Å². The fourth-order valence-corrected chi connectivity index (χ4v) is 3.01. The molecular formula is C18H18N2O5. The van der Waals surface area contributed by atoms with Crippen molar-refractivity contribution < 1.29 is 23.9 Å². The number of carbonyl (C=O) groups excluding carboxylic acids is 4. The number of nitrogens with one attached hydrogen (secondary N) is 1. The number of ether oxygens (including phenoxy) is 1. The molecule has 7 nitrogen and oxygen atoms in total. The van der Waals surface area contributed by atoms with Crippen molar-refractivity contribution in [2.45, 2.75) is 31.7 Å². The molecule has 2 aliphatic rings. The Balaban J connectivity index is 1.85. The van der Waals surface area contributed by atoms with E-state index in [1.165, 1.54) is 6.07 Å². The van der Waals surface area contributed by atoms with E-state index in [1.54, 1.807) is 18.2 Å². The second kappa shape index (κ2) is 6.88. The summed E-state index contributed by atoms with van der Waals surface area (Å²) in [5.41, 5.74) is 0.395. The van der Waals surface area contributed by atoms with Gasteiger partial charge in [-0.15, -0.1) is 6.58 Å². The van der Waals surface area contributed by atoms with E-state index in [4.69, 9.17) is 4.74 Å². The average Bonchev–Trinajstić information content (AvgIpc) is 2.84. The number of hydrogen-bond donors (Lipinski definition) is 1.